The van der Waals surface area contributed by atoms with Gasteiger partial charge < -0.3 is 14.7 Å². The SMILES string of the molecule is CCC(ON=C(c1ccccc1)c1cccnc1)(Oc1ccccc1)C(=O)O. The highest BCUT2D eigenvalue weighted by molar-refractivity contribution is 6.12. The predicted molar refractivity (Wildman–Crippen MR) is 105 cm³/mol. The van der Waals surface area contributed by atoms with Crippen molar-refractivity contribution in [3.63, 3.8) is 0 Å². The maximum Gasteiger partial charge on any atom is 0.392 e. The first kappa shape index (κ1) is 19.1. The van der Waals surface area contributed by atoms with E-state index in [1.54, 1.807) is 49.6 Å². The number of aromatic nitrogens is 1. The number of pyridine rings is 1. The highest BCUT2D eigenvalue weighted by atomic mass is 16.8. The van der Waals surface area contributed by atoms with Gasteiger partial charge in [-0.3, -0.25) is 4.98 Å². The number of aliphatic carboxylic acids is 1. The van der Waals surface area contributed by atoms with Crippen molar-refractivity contribution in [1.82, 2.24) is 4.98 Å². The lowest BCUT2D eigenvalue weighted by Gasteiger charge is -2.26. The summed E-state index contributed by atoms with van der Waals surface area (Å²) in [5, 5.41) is 14.0. The second-order valence-corrected chi connectivity index (χ2v) is 5.97. The van der Waals surface area contributed by atoms with Gasteiger partial charge in [-0.25, -0.2) is 4.79 Å². The van der Waals surface area contributed by atoms with Crippen LogP contribution in [0.3, 0.4) is 0 Å². The molecule has 6 nitrogen and oxygen atoms in total. The molecule has 1 N–H and O–H groups in total. The fourth-order valence-corrected chi connectivity index (χ4v) is 2.56. The maximum atomic E-state index is 12.0. The molecule has 0 radical (unpaired) electrons. The van der Waals surface area contributed by atoms with Crippen LogP contribution < -0.4 is 4.74 Å². The van der Waals surface area contributed by atoms with Crippen LogP contribution in [0.2, 0.25) is 0 Å². The van der Waals surface area contributed by atoms with Gasteiger partial charge in [0.15, 0.2) is 0 Å². The minimum atomic E-state index is -1.95. The number of nitrogens with zero attached hydrogens (tertiary/aromatic N) is 2. The minimum Gasteiger partial charge on any atom is -0.475 e. The van der Waals surface area contributed by atoms with E-state index in [9.17, 15) is 9.90 Å². The second kappa shape index (κ2) is 8.81. The van der Waals surface area contributed by atoms with Crippen LogP contribution in [0.1, 0.15) is 24.5 Å². The number of rotatable bonds is 8. The Morgan fingerprint density at radius 1 is 1.00 bits per heavy atom. The Kier molecular flexibility index (Phi) is 6.01. The van der Waals surface area contributed by atoms with E-state index in [1.807, 2.05) is 42.5 Å². The van der Waals surface area contributed by atoms with Gasteiger partial charge in [0.2, 0.25) is 0 Å². The summed E-state index contributed by atoms with van der Waals surface area (Å²) in [4.78, 5) is 21.7. The number of benzene rings is 2. The summed E-state index contributed by atoms with van der Waals surface area (Å²) in [6, 6.07) is 21.6. The molecule has 1 aromatic heterocycles. The van der Waals surface area contributed by atoms with Crippen LogP contribution in [0, 0.1) is 0 Å². The third-order valence-corrected chi connectivity index (χ3v) is 4.08. The number of carboxylic acids is 1. The van der Waals surface area contributed by atoms with E-state index in [-0.39, 0.29) is 6.42 Å². The quantitative estimate of drug-likeness (QED) is 0.363. The molecule has 0 bridgehead atoms. The molecule has 1 heterocycles. The van der Waals surface area contributed by atoms with E-state index in [2.05, 4.69) is 10.1 Å². The summed E-state index contributed by atoms with van der Waals surface area (Å²) in [5.74, 6) is -2.84. The van der Waals surface area contributed by atoms with E-state index in [1.165, 1.54) is 0 Å². The third kappa shape index (κ3) is 4.35. The van der Waals surface area contributed by atoms with Gasteiger partial charge in [0.25, 0.3) is 0 Å². The summed E-state index contributed by atoms with van der Waals surface area (Å²) < 4.78 is 5.69. The summed E-state index contributed by atoms with van der Waals surface area (Å²) in [7, 11) is 0. The van der Waals surface area contributed by atoms with Gasteiger partial charge in [-0.15, -0.1) is 0 Å². The zero-order valence-corrected chi connectivity index (χ0v) is 15.4. The molecule has 0 aliphatic heterocycles. The molecule has 0 spiro atoms. The van der Waals surface area contributed by atoms with Gasteiger partial charge in [0.05, 0.1) is 0 Å². The fourth-order valence-electron chi connectivity index (χ4n) is 2.56. The molecule has 1 unspecified atom stereocenters. The number of hydrogen-bond donors (Lipinski definition) is 1. The molecule has 1 atom stereocenters. The van der Waals surface area contributed by atoms with E-state index in [0.717, 1.165) is 5.56 Å². The lowest BCUT2D eigenvalue weighted by Crippen LogP contribution is -2.45. The molecule has 0 aliphatic carbocycles. The van der Waals surface area contributed by atoms with Crippen molar-refractivity contribution >= 4 is 11.7 Å². The number of para-hydroxylation sites is 1. The van der Waals surface area contributed by atoms with Crippen molar-refractivity contribution in [2.75, 3.05) is 0 Å². The van der Waals surface area contributed by atoms with E-state index >= 15 is 0 Å². The number of oxime groups is 1. The van der Waals surface area contributed by atoms with Crippen molar-refractivity contribution in [2.45, 2.75) is 19.1 Å². The lowest BCUT2D eigenvalue weighted by molar-refractivity contribution is -0.213. The molecule has 28 heavy (non-hydrogen) atoms. The molecule has 0 saturated carbocycles. The Morgan fingerprint density at radius 2 is 1.64 bits per heavy atom. The number of ether oxygens (including phenoxy) is 1. The van der Waals surface area contributed by atoms with Crippen LogP contribution in [0.5, 0.6) is 5.75 Å². The summed E-state index contributed by atoms with van der Waals surface area (Å²) >= 11 is 0. The highest BCUT2D eigenvalue weighted by Gasteiger charge is 2.43. The van der Waals surface area contributed by atoms with E-state index < -0.39 is 11.8 Å². The van der Waals surface area contributed by atoms with Gasteiger partial charge >= 0.3 is 11.8 Å². The van der Waals surface area contributed by atoms with Crippen LogP contribution in [0.15, 0.2) is 90.3 Å². The molecule has 0 fully saturated rings. The second-order valence-electron chi connectivity index (χ2n) is 5.97. The topological polar surface area (TPSA) is 81.0 Å². The van der Waals surface area contributed by atoms with Gasteiger partial charge in [-0.1, -0.05) is 60.6 Å². The van der Waals surface area contributed by atoms with Crippen molar-refractivity contribution in [2.24, 2.45) is 5.16 Å². The monoisotopic (exact) mass is 376 g/mol. The standard InChI is InChI=1S/C22H20N2O4/c1-2-22(21(25)26,27-19-13-7-4-8-14-19)28-24-20(17-10-5-3-6-11-17)18-12-9-15-23-16-18/h3-16H,2H2,1H3,(H,25,26). The summed E-state index contributed by atoms with van der Waals surface area (Å²) in [5.41, 5.74) is 1.93. The van der Waals surface area contributed by atoms with Crippen molar-refractivity contribution < 1.29 is 19.5 Å². The Bertz CT molecular complexity index is 889. The summed E-state index contributed by atoms with van der Waals surface area (Å²) in [6.45, 7) is 1.67. The van der Waals surface area contributed by atoms with Crippen LogP contribution in [0.4, 0.5) is 0 Å². The molecule has 0 aliphatic rings. The molecular weight excluding hydrogens is 356 g/mol. The molecular formula is C22H20N2O4. The Labute approximate surface area is 163 Å². The third-order valence-electron chi connectivity index (χ3n) is 4.08. The number of carboxylic acid groups (broad SMARTS) is 1. The van der Waals surface area contributed by atoms with Gasteiger partial charge in [-0.05, 0) is 24.3 Å². The van der Waals surface area contributed by atoms with Crippen molar-refractivity contribution in [3.8, 4) is 5.75 Å². The first-order valence-electron chi connectivity index (χ1n) is 8.84. The van der Waals surface area contributed by atoms with Crippen LogP contribution in [-0.4, -0.2) is 27.6 Å². The fraction of sp³-hybridized carbons (Fsp3) is 0.136. The van der Waals surface area contributed by atoms with E-state index in [0.29, 0.717) is 17.0 Å². The zero-order valence-electron chi connectivity index (χ0n) is 15.4. The van der Waals surface area contributed by atoms with Crippen LogP contribution >= 0.6 is 0 Å². The van der Waals surface area contributed by atoms with Gasteiger partial charge in [0, 0.05) is 29.9 Å². The smallest absolute Gasteiger partial charge is 0.392 e. The average molecular weight is 376 g/mol. The zero-order chi connectivity index (χ0) is 19.8. The molecule has 6 heteroatoms. The molecule has 3 rings (SSSR count). The minimum absolute atomic E-state index is 0.0514. The largest absolute Gasteiger partial charge is 0.475 e. The van der Waals surface area contributed by atoms with Crippen LogP contribution in [-0.2, 0) is 9.63 Å². The molecule has 0 amide bonds. The number of carbonyl (C=O) groups is 1. The summed E-state index contributed by atoms with van der Waals surface area (Å²) in [6.07, 6.45) is 3.34. The first-order chi connectivity index (χ1) is 13.6. The predicted octanol–water partition coefficient (Wildman–Crippen LogP) is 4.12. The van der Waals surface area contributed by atoms with Crippen molar-refractivity contribution in [3.05, 3.63) is 96.3 Å². The van der Waals surface area contributed by atoms with E-state index in [4.69, 9.17) is 9.57 Å². The number of hydrogen-bond acceptors (Lipinski definition) is 5. The van der Waals surface area contributed by atoms with Crippen LogP contribution in [0.25, 0.3) is 0 Å². The molecule has 3 aromatic rings. The molecule has 0 saturated heterocycles. The lowest BCUT2D eigenvalue weighted by atomic mass is 10.0. The average Bonchev–Trinajstić information content (AvgIpc) is 2.75. The highest BCUT2D eigenvalue weighted by Crippen LogP contribution is 2.24. The normalized spacial score (nSPS) is 13.4. The van der Waals surface area contributed by atoms with Crippen molar-refractivity contribution in [1.29, 1.82) is 0 Å². The first-order valence-corrected chi connectivity index (χ1v) is 8.84. The van der Waals surface area contributed by atoms with Gasteiger partial charge in [0.1, 0.15) is 11.5 Å². The Balaban J connectivity index is 1.99. The molecule has 142 valence electrons. The Hall–Kier alpha value is -3.67. The maximum absolute atomic E-state index is 12.0. The molecule has 2 aromatic carbocycles. The Morgan fingerprint density at radius 3 is 2.21 bits per heavy atom. The van der Waals surface area contributed by atoms with Gasteiger partial charge in [-0.2, -0.15) is 0 Å².